The van der Waals surface area contributed by atoms with Crippen LogP contribution in [0, 0.1) is 10.1 Å². The number of para-hydroxylation sites is 1. The molecule has 0 aliphatic heterocycles. The van der Waals surface area contributed by atoms with Crippen molar-refractivity contribution in [2.75, 3.05) is 13.2 Å². The number of hydrogen-bond acceptors (Lipinski definition) is 6. The second kappa shape index (κ2) is 9.81. The Hall–Kier alpha value is -3.75. The van der Waals surface area contributed by atoms with Gasteiger partial charge in [0.15, 0.2) is 0 Å². The van der Waals surface area contributed by atoms with Gasteiger partial charge in [0.2, 0.25) is 0 Å². The molecule has 170 valence electrons. The molecule has 4 rings (SSSR count). The van der Waals surface area contributed by atoms with Crippen LogP contribution in [0.15, 0.2) is 72.8 Å². The van der Waals surface area contributed by atoms with E-state index < -0.39 is 23.2 Å². The Morgan fingerprint density at radius 3 is 2.18 bits per heavy atom. The van der Waals surface area contributed by atoms with E-state index in [1.807, 2.05) is 36.4 Å². The summed E-state index contributed by atoms with van der Waals surface area (Å²) in [7, 11) is 0. The number of nitro groups is 1. The SMILES string of the molecule is O=C(NCCC(O)C(O)c1ccccc1[N+](=O)[O-])OCC1c2ccccc2-c2ccccc21. The van der Waals surface area contributed by atoms with Crippen molar-refractivity contribution in [3.05, 3.63) is 99.6 Å². The summed E-state index contributed by atoms with van der Waals surface area (Å²) < 4.78 is 5.43. The maximum absolute atomic E-state index is 12.2. The normalized spacial score (nSPS) is 14.1. The number of carbonyl (C=O) groups is 1. The van der Waals surface area contributed by atoms with Crippen LogP contribution in [0.5, 0.6) is 0 Å². The molecule has 3 aromatic carbocycles. The number of hydrogen-bond donors (Lipinski definition) is 3. The Labute approximate surface area is 190 Å². The third-order valence-corrected chi connectivity index (χ3v) is 5.87. The summed E-state index contributed by atoms with van der Waals surface area (Å²) in [5.41, 5.74) is 4.23. The van der Waals surface area contributed by atoms with E-state index in [2.05, 4.69) is 17.4 Å². The van der Waals surface area contributed by atoms with Crippen LogP contribution in [-0.2, 0) is 4.74 Å². The predicted octanol–water partition coefficient (Wildman–Crippen LogP) is 3.92. The molecule has 1 aliphatic rings. The minimum absolute atomic E-state index is 0.00257. The number of benzene rings is 3. The third kappa shape index (κ3) is 4.72. The predicted molar refractivity (Wildman–Crippen MR) is 122 cm³/mol. The van der Waals surface area contributed by atoms with Crippen LogP contribution in [0.3, 0.4) is 0 Å². The van der Waals surface area contributed by atoms with E-state index >= 15 is 0 Å². The monoisotopic (exact) mass is 448 g/mol. The Morgan fingerprint density at radius 2 is 1.55 bits per heavy atom. The number of nitrogens with zero attached hydrogens (tertiary/aromatic N) is 1. The van der Waals surface area contributed by atoms with Gasteiger partial charge in [-0.2, -0.15) is 0 Å². The first-order valence-corrected chi connectivity index (χ1v) is 10.7. The zero-order chi connectivity index (χ0) is 23.4. The molecule has 0 aromatic heterocycles. The number of carbonyl (C=O) groups excluding carboxylic acids is 1. The molecule has 0 heterocycles. The summed E-state index contributed by atoms with van der Waals surface area (Å²) in [5.74, 6) is -0.0609. The Kier molecular flexibility index (Phi) is 6.67. The molecule has 0 spiro atoms. The van der Waals surface area contributed by atoms with Gasteiger partial charge in [-0.15, -0.1) is 0 Å². The summed E-state index contributed by atoms with van der Waals surface area (Å²) in [4.78, 5) is 22.7. The summed E-state index contributed by atoms with van der Waals surface area (Å²) in [5, 5.41) is 34.3. The van der Waals surface area contributed by atoms with Gasteiger partial charge in [-0.3, -0.25) is 10.1 Å². The third-order valence-electron chi connectivity index (χ3n) is 5.87. The second-order valence-corrected chi connectivity index (χ2v) is 7.87. The lowest BCUT2D eigenvalue weighted by molar-refractivity contribution is -0.386. The molecule has 2 unspecified atom stereocenters. The lowest BCUT2D eigenvalue weighted by atomic mass is 9.98. The highest BCUT2D eigenvalue weighted by Gasteiger charge is 2.29. The molecule has 0 saturated carbocycles. The highest BCUT2D eigenvalue weighted by Crippen LogP contribution is 2.44. The fourth-order valence-corrected chi connectivity index (χ4v) is 4.24. The molecule has 8 heteroatoms. The summed E-state index contributed by atoms with van der Waals surface area (Å²) >= 11 is 0. The maximum atomic E-state index is 12.2. The molecular formula is C25H24N2O6. The number of alkyl carbamates (subject to hydrolysis) is 1. The minimum atomic E-state index is -1.45. The minimum Gasteiger partial charge on any atom is -0.449 e. The Balaban J connectivity index is 1.30. The van der Waals surface area contributed by atoms with E-state index in [1.54, 1.807) is 6.07 Å². The number of rotatable bonds is 8. The number of aliphatic hydroxyl groups is 2. The fourth-order valence-electron chi connectivity index (χ4n) is 4.24. The van der Waals surface area contributed by atoms with Crippen LogP contribution in [0.25, 0.3) is 11.1 Å². The topological polar surface area (TPSA) is 122 Å². The smallest absolute Gasteiger partial charge is 0.407 e. The number of nitrogens with one attached hydrogen (secondary N) is 1. The van der Waals surface area contributed by atoms with Crippen molar-refractivity contribution in [1.29, 1.82) is 0 Å². The van der Waals surface area contributed by atoms with Crippen LogP contribution in [-0.4, -0.2) is 40.5 Å². The van der Waals surface area contributed by atoms with Gasteiger partial charge in [-0.1, -0.05) is 60.7 Å². The van der Waals surface area contributed by atoms with Gasteiger partial charge in [0.05, 0.1) is 16.6 Å². The molecule has 1 aliphatic carbocycles. The van der Waals surface area contributed by atoms with E-state index in [9.17, 15) is 25.1 Å². The van der Waals surface area contributed by atoms with Crippen molar-refractivity contribution < 1.29 is 24.7 Å². The first-order valence-electron chi connectivity index (χ1n) is 10.7. The van der Waals surface area contributed by atoms with Gasteiger partial charge < -0.3 is 20.3 Å². The van der Waals surface area contributed by atoms with Gasteiger partial charge in [0.1, 0.15) is 12.7 Å². The molecule has 2 atom stereocenters. The largest absolute Gasteiger partial charge is 0.449 e. The number of nitro benzene ring substituents is 1. The first-order chi connectivity index (χ1) is 16.0. The van der Waals surface area contributed by atoms with Crippen LogP contribution < -0.4 is 5.32 Å². The standard InChI is InChI=1S/C25H24N2O6/c28-23(24(29)20-11-5-6-12-22(20)27(31)32)13-14-26-25(30)33-15-21-18-9-3-1-7-16(18)17-8-2-4-10-19(17)21/h1-12,21,23-24,28-29H,13-15H2,(H,26,30). The molecule has 0 bridgehead atoms. The molecule has 3 N–H and O–H groups in total. The van der Waals surface area contributed by atoms with Crippen LogP contribution in [0.1, 0.15) is 35.1 Å². The van der Waals surface area contributed by atoms with Crippen LogP contribution >= 0.6 is 0 Å². The van der Waals surface area contributed by atoms with E-state index in [0.29, 0.717) is 0 Å². The van der Waals surface area contributed by atoms with Crippen molar-refractivity contribution >= 4 is 11.8 Å². The Bertz CT molecular complexity index is 1120. The van der Waals surface area contributed by atoms with Crippen molar-refractivity contribution in [2.24, 2.45) is 0 Å². The van der Waals surface area contributed by atoms with Crippen LogP contribution in [0.4, 0.5) is 10.5 Å². The molecule has 1 amide bonds. The summed E-state index contributed by atoms with van der Waals surface area (Å²) in [6.45, 7) is 0.205. The van der Waals surface area contributed by atoms with Gasteiger partial charge in [-0.25, -0.2) is 4.79 Å². The van der Waals surface area contributed by atoms with Crippen molar-refractivity contribution in [2.45, 2.75) is 24.5 Å². The average molecular weight is 448 g/mol. The Morgan fingerprint density at radius 1 is 0.970 bits per heavy atom. The highest BCUT2D eigenvalue weighted by molar-refractivity contribution is 5.79. The number of fused-ring (bicyclic) bond motifs is 3. The number of ether oxygens (including phenoxy) is 1. The molecule has 8 nitrogen and oxygen atoms in total. The fraction of sp³-hybridized carbons (Fsp3) is 0.240. The van der Waals surface area contributed by atoms with Gasteiger partial charge in [0, 0.05) is 18.5 Å². The van der Waals surface area contributed by atoms with E-state index in [4.69, 9.17) is 4.74 Å². The molecule has 33 heavy (non-hydrogen) atoms. The van der Waals surface area contributed by atoms with Crippen molar-refractivity contribution in [1.82, 2.24) is 5.32 Å². The molecule has 0 saturated heterocycles. The highest BCUT2D eigenvalue weighted by atomic mass is 16.6. The van der Waals surface area contributed by atoms with Gasteiger partial charge in [-0.05, 0) is 34.7 Å². The van der Waals surface area contributed by atoms with Gasteiger partial charge in [0.25, 0.3) is 5.69 Å². The number of amides is 1. The molecule has 0 fully saturated rings. The van der Waals surface area contributed by atoms with E-state index in [1.165, 1.54) is 18.2 Å². The quantitative estimate of drug-likeness (QED) is 0.355. The summed E-state index contributed by atoms with van der Waals surface area (Å²) in [6, 6.07) is 21.7. The molecule has 3 aromatic rings. The second-order valence-electron chi connectivity index (χ2n) is 7.87. The lowest BCUT2D eigenvalue weighted by Crippen LogP contribution is -2.30. The van der Waals surface area contributed by atoms with Crippen molar-refractivity contribution in [3.63, 3.8) is 0 Å². The number of aliphatic hydroxyl groups excluding tert-OH is 2. The van der Waals surface area contributed by atoms with Crippen molar-refractivity contribution in [3.8, 4) is 11.1 Å². The molecular weight excluding hydrogens is 424 g/mol. The van der Waals surface area contributed by atoms with Gasteiger partial charge >= 0.3 is 6.09 Å². The first kappa shape index (κ1) is 22.4. The van der Waals surface area contributed by atoms with E-state index in [-0.39, 0.29) is 36.7 Å². The van der Waals surface area contributed by atoms with Crippen LogP contribution in [0.2, 0.25) is 0 Å². The average Bonchev–Trinajstić information content (AvgIpc) is 3.16. The zero-order valence-corrected chi connectivity index (χ0v) is 17.8. The molecule has 0 radical (unpaired) electrons. The summed E-state index contributed by atoms with van der Waals surface area (Å²) in [6.07, 6.45) is -3.38. The lowest BCUT2D eigenvalue weighted by Gasteiger charge is -2.18. The maximum Gasteiger partial charge on any atom is 0.407 e. The van der Waals surface area contributed by atoms with E-state index in [0.717, 1.165) is 22.3 Å². The zero-order valence-electron chi connectivity index (χ0n) is 17.8.